The number of nitrogens with one attached hydrogen (secondary N) is 1. The summed E-state index contributed by atoms with van der Waals surface area (Å²) in [6.45, 7) is 0. The highest BCUT2D eigenvalue weighted by molar-refractivity contribution is 6.32. The number of halogens is 1. The molecule has 1 aliphatic carbocycles. The van der Waals surface area contributed by atoms with Crippen LogP contribution in [0.5, 0.6) is 0 Å². The first-order valence-electron chi connectivity index (χ1n) is 5.74. The highest BCUT2D eigenvalue weighted by Gasteiger charge is 2.26. The Bertz CT molecular complexity index is 582. The van der Waals surface area contributed by atoms with E-state index in [-0.39, 0.29) is 0 Å². The van der Waals surface area contributed by atoms with Crippen molar-refractivity contribution in [3.8, 4) is 11.5 Å². The van der Waals surface area contributed by atoms with Crippen molar-refractivity contribution in [2.24, 2.45) is 5.84 Å². The largest absolute Gasteiger partial charge is 0.308 e. The van der Waals surface area contributed by atoms with Crippen LogP contribution < -0.4 is 11.3 Å². The zero-order chi connectivity index (χ0) is 12.5. The molecule has 6 heteroatoms. The van der Waals surface area contributed by atoms with Crippen LogP contribution in [0.3, 0.4) is 0 Å². The van der Waals surface area contributed by atoms with Crippen molar-refractivity contribution in [3.63, 3.8) is 0 Å². The molecule has 92 valence electrons. The van der Waals surface area contributed by atoms with Crippen LogP contribution in [0.15, 0.2) is 24.4 Å². The summed E-state index contributed by atoms with van der Waals surface area (Å²) < 4.78 is 0. The van der Waals surface area contributed by atoms with Crippen molar-refractivity contribution in [3.05, 3.63) is 35.1 Å². The van der Waals surface area contributed by atoms with E-state index in [9.17, 15) is 0 Å². The molecule has 0 radical (unpaired) electrons. The van der Waals surface area contributed by atoms with Crippen molar-refractivity contribution in [2.45, 2.75) is 18.8 Å². The number of anilines is 1. The van der Waals surface area contributed by atoms with Crippen molar-refractivity contribution < 1.29 is 0 Å². The van der Waals surface area contributed by atoms with E-state index in [4.69, 9.17) is 17.4 Å². The Morgan fingerprint density at radius 3 is 2.83 bits per heavy atom. The maximum absolute atomic E-state index is 6.11. The third kappa shape index (κ3) is 2.14. The van der Waals surface area contributed by atoms with Crippen molar-refractivity contribution in [2.75, 3.05) is 5.43 Å². The van der Waals surface area contributed by atoms with Gasteiger partial charge in [0.15, 0.2) is 5.82 Å². The van der Waals surface area contributed by atoms with Gasteiger partial charge in [-0.25, -0.2) is 15.8 Å². The predicted molar refractivity (Wildman–Crippen MR) is 70.1 cm³/mol. The molecule has 2 aromatic heterocycles. The second-order valence-corrected chi connectivity index (χ2v) is 4.66. The summed E-state index contributed by atoms with van der Waals surface area (Å²) >= 11 is 6.11. The molecule has 0 aliphatic heterocycles. The van der Waals surface area contributed by atoms with Crippen molar-refractivity contribution >= 4 is 17.4 Å². The molecule has 1 fully saturated rings. The number of pyridine rings is 1. The summed E-state index contributed by atoms with van der Waals surface area (Å²) in [7, 11) is 0. The monoisotopic (exact) mass is 261 g/mol. The fraction of sp³-hybridized carbons (Fsp3) is 0.250. The topological polar surface area (TPSA) is 76.7 Å². The molecule has 1 aliphatic rings. The number of hydrogen-bond acceptors (Lipinski definition) is 5. The molecule has 3 N–H and O–H groups in total. The van der Waals surface area contributed by atoms with Gasteiger partial charge in [-0.3, -0.25) is 4.98 Å². The average molecular weight is 262 g/mol. The van der Waals surface area contributed by atoms with Gasteiger partial charge in [0.2, 0.25) is 0 Å². The number of nitrogens with zero attached hydrogens (tertiary/aromatic N) is 3. The van der Waals surface area contributed by atoms with Crippen LogP contribution >= 0.6 is 11.6 Å². The van der Waals surface area contributed by atoms with Gasteiger partial charge in [-0.2, -0.15) is 0 Å². The van der Waals surface area contributed by atoms with Gasteiger partial charge in [0.25, 0.3) is 0 Å². The Balaban J connectivity index is 2.10. The van der Waals surface area contributed by atoms with Crippen LogP contribution in [-0.4, -0.2) is 15.0 Å². The van der Waals surface area contributed by atoms with E-state index in [1.807, 2.05) is 6.07 Å². The highest BCUT2D eigenvalue weighted by atomic mass is 35.5. The molecule has 3 rings (SSSR count). The van der Waals surface area contributed by atoms with Crippen molar-refractivity contribution in [1.29, 1.82) is 0 Å². The van der Waals surface area contributed by atoms with Gasteiger partial charge in [0.1, 0.15) is 11.5 Å². The summed E-state index contributed by atoms with van der Waals surface area (Å²) in [6, 6.07) is 5.42. The molecule has 2 aromatic rings. The molecule has 18 heavy (non-hydrogen) atoms. The Morgan fingerprint density at radius 1 is 1.33 bits per heavy atom. The molecule has 0 atom stereocenters. The summed E-state index contributed by atoms with van der Waals surface area (Å²) in [6.07, 6.45) is 4.00. The molecule has 0 amide bonds. The van der Waals surface area contributed by atoms with Crippen LogP contribution in [0.4, 0.5) is 5.82 Å². The minimum atomic E-state index is 0.512. The molecular weight excluding hydrogens is 250 g/mol. The second kappa shape index (κ2) is 4.51. The first-order valence-corrected chi connectivity index (χ1v) is 6.12. The fourth-order valence-corrected chi connectivity index (χ4v) is 1.99. The lowest BCUT2D eigenvalue weighted by molar-refractivity contribution is 0.984. The quantitative estimate of drug-likeness (QED) is 0.655. The summed E-state index contributed by atoms with van der Waals surface area (Å²) in [5.41, 5.74) is 4.13. The van der Waals surface area contributed by atoms with Gasteiger partial charge in [0.05, 0.1) is 5.02 Å². The van der Waals surface area contributed by atoms with Gasteiger partial charge in [0, 0.05) is 23.9 Å². The molecule has 0 saturated heterocycles. The van der Waals surface area contributed by atoms with E-state index in [0.717, 1.165) is 18.5 Å². The molecule has 0 unspecified atom stereocenters. The lowest BCUT2D eigenvalue weighted by Crippen LogP contribution is -2.10. The maximum Gasteiger partial charge on any atom is 0.182 e. The number of rotatable bonds is 3. The van der Waals surface area contributed by atoms with Gasteiger partial charge < -0.3 is 5.43 Å². The van der Waals surface area contributed by atoms with Gasteiger partial charge in [-0.15, -0.1) is 0 Å². The van der Waals surface area contributed by atoms with E-state index in [1.54, 1.807) is 18.3 Å². The predicted octanol–water partition coefficient (Wildman–Crippen LogP) is 2.36. The Kier molecular flexibility index (Phi) is 2.85. The minimum absolute atomic E-state index is 0.512. The van der Waals surface area contributed by atoms with E-state index in [1.165, 1.54) is 0 Å². The maximum atomic E-state index is 6.11. The lowest BCUT2D eigenvalue weighted by atomic mass is 10.2. The Labute approximate surface area is 109 Å². The second-order valence-electron chi connectivity index (χ2n) is 4.25. The number of nitrogen functional groups attached to an aromatic ring is 1. The molecular formula is C12H12ClN5. The van der Waals surface area contributed by atoms with E-state index in [2.05, 4.69) is 20.4 Å². The van der Waals surface area contributed by atoms with Gasteiger partial charge in [-0.1, -0.05) is 11.6 Å². The highest BCUT2D eigenvalue weighted by Crippen LogP contribution is 2.40. The molecule has 1 saturated carbocycles. The summed E-state index contributed by atoms with van der Waals surface area (Å²) in [5, 5.41) is 0.536. The lowest BCUT2D eigenvalue weighted by Gasteiger charge is -2.07. The van der Waals surface area contributed by atoms with Crippen LogP contribution in [0.2, 0.25) is 5.02 Å². The summed E-state index contributed by atoms with van der Waals surface area (Å²) in [4.78, 5) is 13.0. The fourth-order valence-electron chi connectivity index (χ4n) is 1.78. The molecule has 0 spiro atoms. The SMILES string of the molecule is NNc1cc(C2CC2)nc(-c2ncccc2Cl)n1. The molecule has 5 nitrogen and oxygen atoms in total. The molecule has 2 heterocycles. The zero-order valence-electron chi connectivity index (χ0n) is 9.60. The van der Waals surface area contributed by atoms with E-state index in [0.29, 0.717) is 28.3 Å². The first kappa shape index (κ1) is 11.4. The first-order chi connectivity index (χ1) is 8.78. The Morgan fingerprint density at radius 2 is 2.17 bits per heavy atom. The number of nitrogens with two attached hydrogens (primary N) is 1. The molecule has 0 bridgehead atoms. The van der Waals surface area contributed by atoms with Gasteiger partial charge in [-0.05, 0) is 25.0 Å². The summed E-state index contributed by atoms with van der Waals surface area (Å²) in [5.74, 6) is 7.04. The van der Waals surface area contributed by atoms with Crippen LogP contribution in [0, 0.1) is 0 Å². The average Bonchev–Trinajstić information content (AvgIpc) is 3.23. The third-order valence-corrected chi connectivity index (χ3v) is 3.16. The zero-order valence-corrected chi connectivity index (χ0v) is 10.4. The van der Waals surface area contributed by atoms with E-state index < -0.39 is 0 Å². The number of hydrazine groups is 1. The van der Waals surface area contributed by atoms with Crippen LogP contribution in [0.25, 0.3) is 11.5 Å². The normalized spacial score (nSPS) is 14.6. The number of hydrogen-bond donors (Lipinski definition) is 2. The van der Waals surface area contributed by atoms with Gasteiger partial charge >= 0.3 is 0 Å². The minimum Gasteiger partial charge on any atom is -0.308 e. The number of aromatic nitrogens is 3. The van der Waals surface area contributed by atoms with Crippen molar-refractivity contribution in [1.82, 2.24) is 15.0 Å². The van der Waals surface area contributed by atoms with Crippen LogP contribution in [-0.2, 0) is 0 Å². The van der Waals surface area contributed by atoms with E-state index >= 15 is 0 Å². The molecule has 0 aromatic carbocycles. The smallest absolute Gasteiger partial charge is 0.182 e. The standard InChI is InChI=1S/C12H12ClN5/c13-8-2-1-5-15-11(8)12-16-9(7-3-4-7)6-10(17-12)18-14/h1-2,5-7H,3-4,14H2,(H,16,17,18). The third-order valence-electron chi connectivity index (χ3n) is 2.86. The Hall–Kier alpha value is -1.72. The van der Waals surface area contributed by atoms with Crippen LogP contribution in [0.1, 0.15) is 24.5 Å².